The first-order valence-corrected chi connectivity index (χ1v) is 8.29. The van der Waals surface area contributed by atoms with Crippen LogP contribution in [0.4, 0.5) is 11.4 Å². The third kappa shape index (κ3) is 5.04. The molecule has 0 radical (unpaired) electrons. The molecule has 2 aromatic carbocycles. The molecule has 2 aromatic rings. The summed E-state index contributed by atoms with van der Waals surface area (Å²) in [5, 5.41) is 14.0. The zero-order valence-electron chi connectivity index (χ0n) is 15.2. The molecule has 0 saturated carbocycles. The normalized spacial score (nSPS) is 11.4. The van der Waals surface area contributed by atoms with E-state index in [9.17, 15) is 19.7 Å². The molecule has 0 spiro atoms. The molecule has 2 rings (SSSR count). The van der Waals surface area contributed by atoms with E-state index < -0.39 is 28.6 Å². The van der Waals surface area contributed by atoms with Gasteiger partial charge in [0.25, 0.3) is 5.91 Å². The number of hydrogen-bond donors (Lipinski definition) is 1. The van der Waals surface area contributed by atoms with Gasteiger partial charge in [0.1, 0.15) is 0 Å². The van der Waals surface area contributed by atoms with Gasteiger partial charge >= 0.3 is 11.7 Å². The number of carbonyl (C=O) groups is 2. The number of amides is 1. The molecule has 0 aliphatic heterocycles. The van der Waals surface area contributed by atoms with Crippen LogP contribution in [-0.2, 0) is 16.0 Å². The number of benzene rings is 2. The SMILES string of the molecule is CCc1ccc(NC(=O)[C@@H](C)Oc2ccc(C(=O)OC)cc2[N+](=O)[O-])cc1. The van der Waals surface area contributed by atoms with Crippen LogP contribution in [0, 0.1) is 10.1 Å². The van der Waals surface area contributed by atoms with Gasteiger partial charge < -0.3 is 14.8 Å². The lowest BCUT2D eigenvalue weighted by atomic mass is 10.1. The lowest BCUT2D eigenvalue weighted by Gasteiger charge is -2.15. The Balaban J connectivity index is 2.13. The predicted octanol–water partition coefficient (Wildman–Crippen LogP) is 3.35. The van der Waals surface area contributed by atoms with Crippen molar-refractivity contribution in [2.24, 2.45) is 0 Å². The minimum absolute atomic E-state index is 0.0182. The molecule has 1 atom stereocenters. The van der Waals surface area contributed by atoms with E-state index in [1.807, 2.05) is 19.1 Å². The highest BCUT2D eigenvalue weighted by Gasteiger charge is 2.23. The third-order valence-corrected chi connectivity index (χ3v) is 3.88. The van der Waals surface area contributed by atoms with E-state index >= 15 is 0 Å². The number of esters is 1. The van der Waals surface area contributed by atoms with Crippen LogP contribution in [0.5, 0.6) is 5.75 Å². The van der Waals surface area contributed by atoms with Gasteiger partial charge in [-0.1, -0.05) is 19.1 Å². The Kier molecular flexibility index (Phi) is 6.48. The Bertz CT molecular complexity index is 848. The molecule has 0 aliphatic rings. The number of nitrogens with zero attached hydrogens (tertiary/aromatic N) is 1. The van der Waals surface area contributed by atoms with Crippen molar-refractivity contribution in [1.82, 2.24) is 0 Å². The fourth-order valence-electron chi connectivity index (χ4n) is 2.32. The zero-order valence-corrected chi connectivity index (χ0v) is 15.2. The second-order valence-corrected chi connectivity index (χ2v) is 5.73. The van der Waals surface area contributed by atoms with E-state index in [0.29, 0.717) is 5.69 Å². The van der Waals surface area contributed by atoms with Crippen molar-refractivity contribution in [1.29, 1.82) is 0 Å². The molecule has 0 heterocycles. The average Bonchev–Trinajstić information content (AvgIpc) is 2.67. The summed E-state index contributed by atoms with van der Waals surface area (Å²) in [5.74, 6) is -1.27. The summed E-state index contributed by atoms with van der Waals surface area (Å²) in [6.45, 7) is 3.51. The van der Waals surface area contributed by atoms with Crippen LogP contribution < -0.4 is 10.1 Å². The molecule has 0 unspecified atom stereocenters. The molecule has 1 amide bonds. The topological polar surface area (TPSA) is 108 Å². The van der Waals surface area contributed by atoms with Crippen LogP contribution in [0.25, 0.3) is 0 Å². The summed E-state index contributed by atoms with van der Waals surface area (Å²) in [6.07, 6.45) is -0.0996. The fraction of sp³-hybridized carbons (Fsp3) is 0.263. The molecule has 0 aromatic heterocycles. The van der Waals surface area contributed by atoms with Gasteiger partial charge in [-0.15, -0.1) is 0 Å². The molecular formula is C19H20N2O6. The van der Waals surface area contributed by atoms with Crippen molar-refractivity contribution in [3.8, 4) is 5.75 Å². The Morgan fingerprint density at radius 3 is 2.41 bits per heavy atom. The number of carbonyl (C=O) groups excluding carboxylic acids is 2. The average molecular weight is 372 g/mol. The van der Waals surface area contributed by atoms with Crippen molar-refractivity contribution in [2.45, 2.75) is 26.4 Å². The molecule has 1 N–H and O–H groups in total. The van der Waals surface area contributed by atoms with Gasteiger partial charge in [-0.2, -0.15) is 0 Å². The Labute approximate surface area is 156 Å². The van der Waals surface area contributed by atoms with Crippen LogP contribution in [-0.4, -0.2) is 30.0 Å². The number of nitrogens with one attached hydrogen (secondary N) is 1. The van der Waals surface area contributed by atoms with E-state index in [-0.39, 0.29) is 11.3 Å². The summed E-state index contributed by atoms with van der Waals surface area (Å²) >= 11 is 0. The van der Waals surface area contributed by atoms with Crippen LogP contribution >= 0.6 is 0 Å². The summed E-state index contributed by atoms with van der Waals surface area (Å²) in [7, 11) is 1.18. The van der Waals surface area contributed by atoms with Crippen LogP contribution in [0.2, 0.25) is 0 Å². The maximum absolute atomic E-state index is 12.3. The van der Waals surface area contributed by atoms with E-state index in [1.165, 1.54) is 26.2 Å². The number of nitro groups is 1. The minimum Gasteiger partial charge on any atom is -0.474 e. The molecule has 0 aliphatic carbocycles. The number of ether oxygens (including phenoxy) is 2. The zero-order chi connectivity index (χ0) is 20.0. The molecule has 8 nitrogen and oxygen atoms in total. The number of anilines is 1. The summed E-state index contributed by atoms with van der Waals surface area (Å²) in [5.41, 5.74) is 1.33. The maximum atomic E-state index is 12.3. The van der Waals surface area contributed by atoms with Gasteiger partial charge in [0.15, 0.2) is 11.9 Å². The summed E-state index contributed by atoms with van der Waals surface area (Å²) in [6, 6.07) is 11.0. The van der Waals surface area contributed by atoms with Gasteiger partial charge in [-0.25, -0.2) is 4.79 Å². The maximum Gasteiger partial charge on any atom is 0.338 e. The Morgan fingerprint density at radius 2 is 1.85 bits per heavy atom. The van der Waals surface area contributed by atoms with Crippen molar-refractivity contribution >= 4 is 23.3 Å². The van der Waals surface area contributed by atoms with E-state index in [4.69, 9.17) is 4.74 Å². The molecule has 0 fully saturated rings. The Hall–Kier alpha value is -3.42. The first-order chi connectivity index (χ1) is 12.8. The van der Waals surface area contributed by atoms with E-state index in [1.54, 1.807) is 12.1 Å². The number of nitro benzene ring substituents is 1. The number of methoxy groups -OCH3 is 1. The second kappa shape index (κ2) is 8.79. The molecule has 27 heavy (non-hydrogen) atoms. The number of hydrogen-bond acceptors (Lipinski definition) is 6. The number of aryl methyl sites for hydroxylation is 1. The first kappa shape index (κ1) is 19.9. The van der Waals surface area contributed by atoms with Crippen LogP contribution in [0.3, 0.4) is 0 Å². The number of rotatable bonds is 7. The molecule has 0 bridgehead atoms. The van der Waals surface area contributed by atoms with Gasteiger partial charge in [0, 0.05) is 11.8 Å². The van der Waals surface area contributed by atoms with Gasteiger partial charge in [-0.3, -0.25) is 14.9 Å². The molecule has 0 saturated heterocycles. The predicted molar refractivity (Wildman–Crippen MR) is 99.0 cm³/mol. The first-order valence-electron chi connectivity index (χ1n) is 8.29. The van der Waals surface area contributed by atoms with Crippen molar-refractivity contribution in [2.75, 3.05) is 12.4 Å². The van der Waals surface area contributed by atoms with Gasteiger partial charge in [0.05, 0.1) is 17.6 Å². The third-order valence-electron chi connectivity index (χ3n) is 3.88. The smallest absolute Gasteiger partial charge is 0.338 e. The summed E-state index contributed by atoms with van der Waals surface area (Å²) < 4.78 is 9.99. The van der Waals surface area contributed by atoms with Crippen molar-refractivity contribution < 1.29 is 24.0 Å². The highest BCUT2D eigenvalue weighted by Crippen LogP contribution is 2.29. The fourth-order valence-corrected chi connectivity index (χ4v) is 2.32. The largest absolute Gasteiger partial charge is 0.474 e. The van der Waals surface area contributed by atoms with Crippen molar-refractivity contribution in [3.05, 3.63) is 63.7 Å². The van der Waals surface area contributed by atoms with Crippen LogP contribution in [0.1, 0.15) is 29.8 Å². The Morgan fingerprint density at radius 1 is 1.19 bits per heavy atom. The lowest BCUT2D eigenvalue weighted by Crippen LogP contribution is -2.30. The quantitative estimate of drug-likeness (QED) is 0.454. The highest BCUT2D eigenvalue weighted by atomic mass is 16.6. The minimum atomic E-state index is -0.987. The van der Waals surface area contributed by atoms with E-state index in [2.05, 4.69) is 10.1 Å². The van der Waals surface area contributed by atoms with Crippen molar-refractivity contribution in [3.63, 3.8) is 0 Å². The lowest BCUT2D eigenvalue weighted by molar-refractivity contribution is -0.386. The van der Waals surface area contributed by atoms with Gasteiger partial charge in [-0.05, 0) is 43.2 Å². The van der Waals surface area contributed by atoms with E-state index in [0.717, 1.165) is 18.1 Å². The molecule has 8 heteroatoms. The second-order valence-electron chi connectivity index (χ2n) is 5.73. The van der Waals surface area contributed by atoms with Gasteiger partial charge in [0.2, 0.25) is 0 Å². The van der Waals surface area contributed by atoms with Crippen LogP contribution in [0.15, 0.2) is 42.5 Å². The highest BCUT2D eigenvalue weighted by molar-refractivity contribution is 5.94. The molecular weight excluding hydrogens is 352 g/mol. The molecule has 142 valence electrons. The standard InChI is InChI=1S/C19H20N2O6/c1-4-13-5-8-15(9-6-13)20-18(22)12(2)27-17-10-7-14(19(23)26-3)11-16(17)21(24)25/h5-12H,4H2,1-3H3,(H,20,22)/t12-/m1/s1. The monoisotopic (exact) mass is 372 g/mol. The summed E-state index contributed by atoms with van der Waals surface area (Å²) in [4.78, 5) is 34.4.